The maximum Gasteiger partial charge on any atom is 0.179 e. The van der Waals surface area contributed by atoms with Gasteiger partial charge in [0.2, 0.25) is 0 Å². The summed E-state index contributed by atoms with van der Waals surface area (Å²) in [6.07, 6.45) is 0.702. The van der Waals surface area contributed by atoms with Gasteiger partial charge in [-0.25, -0.2) is 0 Å². The van der Waals surface area contributed by atoms with Crippen LogP contribution < -0.4 is 9.47 Å². The van der Waals surface area contributed by atoms with Crippen LogP contribution in [0.3, 0.4) is 0 Å². The van der Waals surface area contributed by atoms with Gasteiger partial charge in [-0.1, -0.05) is 11.6 Å². The highest BCUT2D eigenvalue weighted by Crippen LogP contribution is 2.35. The van der Waals surface area contributed by atoms with Crippen molar-refractivity contribution in [2.24, 2.45) is 0 Å². The molecule has 0 N–H and O–H groups in total. The molecule has 0 fully saturated rings. The molecule has 0 heterocycles. The number of hydrogen-bond acceptors (Lipinski definition) is 4. The molecule has 0 aliphatic rings. The molecular weight excluding hydrogens is 232 g/mol. The van der Waals surface area contributed by atoms with E-state index in [1.807, 2.05) is 0 Å². The van der Waals surface area contributed by atoms with Gasteiger partial charge in [0.05, 0.1) is 18.7 Å². The summed E-state index contributed by atoms with van der Waals surface area (Å²) in [6, 6.07) is 3.10. The number of halogens is 1. The van der Waals surface area contributed by atoms with E-state index in [1.54, 1.807) is 13.2 Å². The minimum absolute atomic E-state index is 0.345. The molecule has 1 rings (SSSR count). The van der Waals surface area contributed by atoms with Crippen molar-refractivity contribution in [3.05, 3.63) is 22.7 Å². The first-order valence-corrected chi connectivity index (χ1v) is 5.05. The Morgan fingerprint density at radius 2 is 2.06 bits per heavy atom. The lowest BCUT2D eigenvalue weighted by Crippen LogP contribution is -2.06. The fourth-order valence-corrected chi connectivity index (χ4v) is 1.45. The number of methoxy groups -OCH3 is 2. The molecule has 0 saturated carbocycles. The van der Waals surface area contributed by atoms with Crippen molar-refractivity contribution in [2.45, 2.75) is 0 Å². The number of benzene rings is 1. The number of aldehydes is 1. The van der Waals surface area contributed by atoms with Gasteiger partial charge < -0.3 is 14.2 Å². The Morgan fingerprint density at radius 1 is 1.31 bits per heavy atom. The van der Waals surface area contributed by atoms with Crippen LogP contribution in [0.5, 0.6) is 11.5 Å². The number of carbonyl (C=O) groups is 1. The standard InChI is InChI=1S/C11H13ClO4/c1-14-3-4-16-11-9(12)5-8(7-13)6-10(11)15-2/h5-7H,3-4H2,1-2H3. The maximum absolute atomic E-state index is 10.6. The number of carbonyl (C=O) groups excluding carboxylic acids is 1. The topological polar surface area (TPSA) is 44.8 Å². The maximum atomic E-state index is 10.6. The van der Waals surface area contributed by atoms with Gasteiger partial charge >= 0.3 is 0 Å². The third-order valence-corrected chi connectivity index (χ3v) is 2.20. The predicted octanol–water partition coefficient (Wildman–Crippen LogP) is 2.19. The normalized spacial score (nSPS) is 9.94. The molecule has 0 amide bonds. The van der Waals surface area contributed by atoms with Crippen molar-refractivity contribution in [3.8, 4) is 11.5 Å². The second kappa shape index (κ2) is 6.35. The van der Waals surface area contributed by atoms with Gasteiger partial charge in [-0.3, -0.25) is 4.79 Å². The molecule has 0 aliphatic heterocycles. The Hall–Kier alpha value is -1.26. The zero-order valence-corrected chi connectivity index (χ0v) is 9.91. The molecule has 0 bridgehead atoms. The number of rotatable bonds is 6. The highest BCUT2D eigenvalue weighted by molar-refractivity contribution is 6.32. The summed E-state index contributed by atoms with van der Waals surface area (Å²) in [5.74, 6) is 0.859. The van der Waals surface area contributed by atoms with Crippen LogP contribution in [-0.4, -0.2) is 33.7 Å². The van der Waals surface area contributed by atoms with E-state index in [0.717, 1.165) is 0 Å². The summed E-state index contributed by atoms with van der Waals surface area (Å²) in [4.78, 5) is 10.6. The molecule has 0 unspecified atom stereocenters. The summed E-state index contributed by atoms with van der Waals surface area (Å²) >= 11 is 5.97. The Morgan fingerprint density at radius 3 is 2.62 bits per heavy atom. The second-order valence-corrected chi connectivity index (χ2v) is 3.40. The zero-order valence-electron chi connectivity index (χ0n) is 9.16. The van der Waals surface area contributed by atoms with Crippen LogP contribution in [0.1, 0.15) is 10.4 Å². The zero-order chi connectivity index (χ0) is 12.0. The molecule has 1 aromatic rings. The highest BCUT2D eigenvalue weighted by Gasteiger charge is 2.11. The van der Waals surface area contributed by atoms with Crippen LogP contribution in [0, 0.1) is 0 Å². The molecule has 0 atom stereocenters. The first kappa shape index (κ1) is 12.8. The average molecular weight is 245 g/mol. The van der Waals surface area contributed by atoms with E-state index in [1.165, 1.54) is 13.2 Å². The number of ether oxygens (including phenoxy) is 3. The lowest BCUT2D eigenvalue weighted by molar-refractivity contribution is 0.112. The lowest BCUT2D eigenvalue weighted by Gasteiger charge is -2.12. The van der Waals surface area contributed by atoms with E-state index < -0.39 is 0 Å². The van der Waals surface area contributed by atoms with Crippen molar-refractivity contribution < 1.29 is 19.0 Å². The molecule has 88 valence electrons. The van der Waals surface area contributed by atoms with E-state index >= 15 is 0 Å². The van der Waals surface area contributed by atoms with E-state index in [4.69, 9.17) is 25.8 Å². The van der Waals surface area contributed by atoms with Gasteiger partial charge in [0.25, 0.3) is 0 Å². The molecule has 5 heteroatoms. The van der Waals surface area contributed by atoms with Gasteiger partial charge in [0.1, 0.15) is 12.9 Å². The van der Waals surface area contributed by atoms with Crippen molar-refractivity contribution in [2.75, 3.05) is 27.4 Å². The fraction of sp³-hybridized carbons (Fsp3) is 0.364. The largest absolute Gasteiger partial charge is 0.493 e. The van der Waals surface area contributed by atoms with E-state index in [-0.39, 0.29) is 0 Å². The fourth-order valence-electron chi connectivity index (χ4n) is 1.17. The minimum atomic E-state index is 0.345. The SMILES string of the molecule is COCCOc1c(Cl)cc(C=O)cc1OC. The highest BCUT2D eigenvalue weighted by atomic mass is 35.5. The Balaban J connectivity index is 2.92. The van der Waals surface area contributed by atoms with E-state index in [2.05, 4.69) is 0 Å². The summed E-state index contributed by atoms with van der Waals surface area (Å²) < 4.78 is 15.3. The Bertz CT molecular complexity index is 365. The van der Waals surface area contributed by atoms with Crippen LogP contribution in [0.15, 0.2) is 12.1 Å². The molecule has 0 aromatic heterocycles. The van der Waals surface area contributed by atoms with Crippen molar-refractivity contribution in [1.82, 2.24) is 0 Å². The molecule has 0 saturated heterocycles. The van der Waals surface area contributed by atoms with Crippen LogP contribution >= 0.6 is 11.6 Å². The van der Waals surface area contributed by atoms with Crippen LogP contribution in [-0.2, 0) is 4.74 Å². The van der Waals surface area contributed by atoms with Gasteiger partial charge in [-0.15, -0.1) is 0 Å². The summed E-state index contributed by atoms with van der Waals surface area (Å²) in [5, 5.41) is 0.345. The minimum Gasteiger partial charge on any atom is -0.493 e. The number of hydrogen-bond donors (Lipinski definition) is 0. The van der Waals surface area contributed by atoms with E-state index in [0.29, 0.717) is 41.6 Å². The van der Waals surface area contributed by atoms with Gasteiger partial charge in [-0.2, -0.15) is 0 Å². The predicted molar refractivity (Wildman–Crippen MR) is 60.8 cm³/mol. The van der Waals surface area contributed by atoms with Crippen LogP contribution in [0.4, 0.5) is 0 Å². The molecule has 0 radical (unpaired) electrons. The summed E-state index contributed by atoms with van der Waals surface area (Å²) in [5.41, 5.74) is 0.445. The molecule has 4 nitrogen and oxygen atoms in total. The molecule has 0 spiro atoms. The molecule has 0 aliphatic carbocycles. The van der Waals surface area contributed by atoms with Crippen molar-refractivity contribution >= 4 is 17.9 Å². The van der Waals surface area contributed by atoms with Gasteiger partial charge in [0, 0.05) is 12.7 Å². The molecule has 16 heavy (non-hydrogen) atoms. The smallest absolute Gasteiger partial charge is 0.179 e. The van der Waals surface area contributed by atoms with Gasteiger partial charge in [0.15, 0.2) is 11.5 Å². The third-order valence-electron chi connectivity index (χ3n) is 1.92. The lowest BCUT2D eigenvalue weighted by atomic mass is 10.2. The second-order valence-electron chi connectivity index (χ2n) is 2.99. The summed E-state index contributed by atoms with van der Waals surface area (Å²) in [7, 11) is 3.07. The van der Waals surface area contributed by atoms with Crippen molar-refractivity contribution in [3.63, 3.8) is 0 Å². The van der Waals surface area contributed by atoms with E-state index in [9.17, 15) is 4.79 Å². The van der Waals surface area contributed by atoms with Crippen molar-refractivity contribution in [1.29, 1.82) is 0 Å². The summed E-state index contributed by atoms with van der Waals surface area (Å²) in [6.45, 7) is 0.821. The van der Waals surface area contributed by atoms with Crippen LogP contribution in [0.2, 0.25) is 5.02 Å². The van der Waals surface area contributed by atoms with Gasteiger partial charge in [-0.05, 0) is 12.1 Å². The molecular formula is C11H13ClO4. The quantitative estimate of drug-likeness (QED) is 0.568. The monoisotopic (exact) mass is 244 g/mol. The Labute approximate surface area is 99.1 Å². The first-order valence-electron chi connectivity index (χ1n) is 4.67. The molecule has 1 aromatic carbocycles. The third kappa shape index (κ3) is 3.12. The first-order chi connectivity index (χ1) is 7.72. The Kier molecular flexibility index (Phi) is 5.08. The van der Waals surface area contributed by atoms with Crippen LogP contribution in [0.25, 0.3) is 0 Å². The average Bonchev–Trinajstić information content (AvgIpc) is 2.30.